The van der Waals surface area contributed by atoms with Gasteiger partial charge in [0.1, 0.15) is 22.1 Å². The van der Waals surface area contributed by atoms with E-state index in [1.807, 2.05) is 39.1 Å². The Kier molecular flexibility index (Phi) is 6.81. The van der Waals surface area contributed by atoms with Crippen LogP contribution in [0.2, 0.25) is 0 Å². The lowest BCUT2D eigenvalue weighted by atomic mass is 9.74. The van der Waals surface area contributed by atoms with Crippen LogP contribution in [0.15, 0.2) is 29.8 Å². The van der Waals surface area contributed by atoms with E-state index in [2.05, 4.69) is 25.8 Å². The molecule has 1 N–H and O–H groups in total. The number of carbonyl (C=O) groups is 3. The third-order valence-corrected chi connectivity index (χ3v) is 8.91. The topological polar surface area (TPSA) is 96.8 Å². The van der Waals surface area contributed by atoms with Gasteiger partial charge in [0.25, 0.3) is 5.91 Å². The zero-order valence-corrected chi connectivity index (χ0v) is 23.8. The molecule has 1 amide bonds. The summed E-state index contributed by atoms with van der Waals surface area (Å²) < 4.78 is 5.66. The smallest absolute Gasteiger partial charge is 0.329 e. The number of thiazole rings is 1. The lowest BCUT2D eigenvalue weighted by Crippen LogP contribution is -2.58. The summed E-state index contributed by atoms with van der Waals surface area (Å²) in [6.45, 7) is 13.9. The molecule has 8 heteroatoms. The summed E-state index contributed by atoms with van der Waals surface area (Å²) in [5.74, 6) is -2.05. The number of methoxy groups -OCH3 is 1. The van der Waals surface area contributed by atoms with Gasteiger partial charge < -0.3 is 14.7 Å². The molecule has 0 spiro atoms. The number of carboxylic acids is 1. The lowest BCUT2D eigenvalue weighted by Gasteiger charge is -2.42. The maximum absolute atomic E-state index is 14.5. The Morgan fingerprint density at radius 2 is 1.95 bits per heavy atom. The van der Waals surface area contributed by atoms with Gasteiger partial charge in [-0.3, -0.25) is 9.59 Å². The highest BCUT2D eigenvalue weighted by Crippen LogP contribution is 2.62. The van der Waals surface area contributed by atoms with E-state index >= 15 is 0 Å². The van der Waals surface area contributed by atoms with E-state index in [-0.39, 0.29) is 23.5 Å². The van der Waals surface area contributed by atoms with E-state index in [9.17, 15) is 19.5 Å². The predicted molar refractivity (Wildman–Crippen MR) is 143 cm³/mol. The van der Waals surface area contributed by atoms with Crippen molar-refractivity contribution in [3.63, 3.8) is 0 Å². The Morgan fingerprint density at radius 3 is 2.46 bits per heavy atom. The molecular weight excluding hydrogens is 488 g/mol. The number of nitrogens with zero attached hydrogens (tertiary/aromatic N) is 2. The van der Waals surface area contributed by atoms with Crippen molar-refractivity contribution in [3.8, 4) is 5.75 Å². The summed E-state index contributed by atoms with van der Waals surface area (Å²) in [5, 5.41) is 13.3. The molecule has 0 unspecified atom stereocenters. The number of aromatic nitrogens is 1. The molecule has 37 heavy (non-hydrogen) atoms. The first-order chi connectivity index (χ1) is 17.2. The summed E-state index contributed by atoms with van der Waals surface area (Å²) in [6, 6.07) is 4.58. The molecule has 0 bridgehead atoms. The minimum absolute atomic E-state index is 0.00282. The van der Waals surface area contributed by atoms with Crippen molar-refractivity contribution in [3.05, 3.63) is 45.9 Å². The highest BCUT2D eigenvalue weighted by Gasteiger charge is 2.71. The van der Waals surface area contributed by atoms with Crippen molar-refractivity contribution >= 4 is 29.0 Å². The molecule has 2 aromatic rings. The summed E-state index contributed by atoms with van der Waals surface area (Å²) in [6.07, 6.45) is 2.30. The molecule has 4 atom stereocenters. The highest BCUT2D eigenvalue weighted by molar-refractivity contribution is 7.09. The highest BCUT2D eigenvalue weighted by atomic mass is 32.1. The van der Waals surface area contributed by atoms with Crippen LogP contribution in [-0.2, 0) is 15.0 Å². The number of ether oxygens (including phenoxy) is 1. The van der Waals surface area contributed by atoms with E-state index in [0.29, 0.717) is 22.7 Å². The first kappa shape index (κ1) is 27.3. The van der Waals surface area contributed by atoms with Crippen molar-refractivity contribution in [2.75, 3.05) is 7.11 Å². The molecule has 200 valence electrons. The average Bonchev–Trinajstić information content (AvgIpc) is 3.47. The summed E-state index contributed by atoms with van der Waals surface area (Å²) >= 11 is 1.36. The van der Waals surface area contributed by atoms with E-state index in [1.165, 1.54) is 16.2 Å². The van der Waals surface area contributed by atoms with Crippen molar-refractivity contribution < 1.29 is 24.2 Å². The third kappa shape index (κ3) is 4.27. The number of aliphatic carboxylic acids is 1. The van der Waals surface area contributed by atoms with Crippen LogP contribution in [-0.4, -0.2) is 45.3 Å². The van der Waals surface area contributed by atoms with Crippen molar-refractivity contribution in [1.82, 2.24) is 9.88 Å². The second kappa shape index (κ2) is 9.22. The van der Waals surface area contributed by atoms with Gasteiger partial charge in [-0.05, 0) is 41.9 Å². The van der Waals surface area contributed by atoms with E-state index in [4.69, 9.17) is 4.74 Å². The first-order valence-corrected chi connectivity index (χ1v) is 13.7. The fourth-order valence-electron chi connectivity index (χ4n) is 6.58. The first-order valence-electron chi connectivity index (χ1n) is 12.9. The van der Waals surface area contributed by atoms with Crippen LogP contribution in [0, 0.1) is 23.2 Å². The minimum atomic E-state index is -1.54. The number of fused-ring (bicyclic) bond motifs is 1. The van der Waals surface area contributed by atoms with Crippen LogP contribution in [0.5, 0.6) is 5.75 Å². The third-order valence-electron chi connectivity index (χ3n) is 8.06. The summed E-state index contributed by atoms with van der Waals surface area (Å²) in [4.78, 5) is 47.6. The Hall–Kier alpha value is -2.74. The number of likely N-dealkylation sites (tertiary alicyclic amines) is 1. The summed E-state index contributed by atoms with van der Waals surface area (Å²) in [5.41, 5.74) is -1.13. The average molecular weight is 527 g/mol. The van der Waals surface area contributed by atoms with Crippen LogP contribution >= 0.6 is 11.3 Å². The Labute approximate surface area is 223 Å². The molecule has 2 aliphatic rings. The molecule has 1 aromatic heterocycles. The molecule has 1 aromatic carbocycles. The zero-order valence-electron chi connectivity index (χ0n) is 23.0. The SMILES string of the molecule is COc1cc(C(=O)N2[C@@H](c3nccs3)[C@H]3C(=O)C(C)(C)C[C@H]3[C@@]2(CC(C)C)C(=O)O)ccc1C(C)(C)C. The second-order valence-electron chi connectivity index (χ2n) is 12.6. The second-order valence-corrected chi connectivity index (χ2v) is 13.5. The van der Waals surface area contributed by atoms with Crippen LogP contribution < -0.4 is 4.74 Å². The molecule has 7 nitrogen and oxygen atoms in total. The molecule has 4 rings (SSSR count). The van der Waals surface area contributed by atoms with Gasteiger partial charge in [0, 0.05) is 28.5 Å². The molecular formula is C29H38N2O5S. The monoisotopic (exact) mass is 526 g/mol. The maximum atomic E-state index is 14.5. The number of carbonyl (C=O) groups excluding carboxylic acids is 2. The number of carboxylic acid groups (broad SMARTS) is 1. The molecule has 2 fully saturated rings. The van der Waals surface area contributed by atoms with Gasteiger partial charge in [-0.25, -0.2) is 9.78 Å². The van der Waals surface area contributed by atoms with Crippen LogP contribution in [0.3, 0.4) is 0 Å². The molecule has 1 saturated heterocycles. The Balaban J connectivity index is 1.96. The van der Waals surface area contributed by atoms with Crippen molar-refractivity contribution in [2.24, 2.45) is 23.2 Å². The number of Topliss-reactive ketones (excluding diaryl/α,β-unsaturated/α-hetero) is 1. The number of hydrogen-bond acceptors (Lipinski definition) is 6. The van der Waals surface area contributed by atoms with Gasteiger partial charge in [-0.1, -0.05) is 54.5 Å². The number of amides is 1. The Bertz CT molecular complexity index is 1210. The van der Waals surface area contributed by atoms with E-state index < -0.39 is 40.7 Å². The molecule has 1 aliphatic heterocycles. The quantitative estimate of drug-likeness (QED) is 0.515. The normalized spacial score (nSPS) is 27.0. The number of hydrogen-bond donors (Lipinski definition) is 1. The number of rotatable bonds is 6. The van der Waals surface area contributed by atoms with Gasteiger partial charge in [0.05, 0.1) is 19.1 Å². The maximum Gasteiger partial charge on any atom is 0.329 e. The molecule has 1 saturated carbocycles. The number of benzene rings is 1. The fraction of sp³-hybridized carbons (Fsp3) is 0.586. The standard InChI is InChI=1S/C29H38N2O5S/c1-16(2)14-29(26(34)35)19-15-28(6,7)23(32)21(19)22(24-30-11-12-37-24)31(29)25(33)17-9-10-18(27(3,4)5)20(13-17)36-8/h9-13,16,19,21-22H,14-15H2,1-8H3,(H,34,35)/t19-,21+,22-,29+/m1/s1. The predicted octanol–water partition coefficient (Wildman–Crippen LogP) is 5.75. The summed E-state index contributed by atoms with van der Waals surface area (Å²) in [7, 11) is 1.57. The van der Waals surface area contributed by atoms with Crippen LogP contribution in [0.4, 0.5) is 0 Å². The number of ketones is 1. The molecule has 0 radical (unpaired) electrons. The lowest BCUT2D eigenvalue weighted by molar-refractivity contribution is -0.153. The van der Waals surface area contributed by atoms with Gasteiger partial charge in [0.2, 0.25) is 0 Å². The Morgan fingerprint density at radius 1 is 1.27 bits per heavy atom. The largest absolute Gasteiger partial charge is 0.496 e. The molecule has 1 aliphatic carbocycles. The van der Waals surface area contributed by atoms with Gasteiger partial charge in [-0.15, -0.1) is 11.3 Å². The van der Waals surface area contributed by atoms with Gasteiger partial charge in [0.15, 0.2) is 0 Å². The molecule has 2 heterocycles. The van der Waals surface area contributed by atoms with Gasteiger partial charge >= 0.3 is 5.97 Å². The van der Waals surface area contributed by atoms with E-state index in [0.717, 1.165) is 5.56 Å². The van der Waals surface area contributed by atoms with Gasteiger partial charge in [-0.2, -0.15) is 0 Å². The fourth-order valence-corrected chi connectivity index (χ4v) is 7.36. The zero-order chi connectivity index (χ0) is 27.5. The minimum Gasteiger partial charge on any atom is -0.496 e. The van der Waals surface area contributed by atoms with Crippen molar-refractivity contribution in [1.29, 1.82) is 0 Å². The van der Waals surface area contributed by atoms with Crippen LogP contribution in [0.1, 0.15) is 88.3 Å². The van der Waals surface area contributed by atoms with Crippen molar-refractivity contribution in [2.45, 2.75) is 78.3 Å². The van der Waals surface area contributed by atoms with E-state index in [1.54, 1.807) is 25.4 Å². The van der Waals surface area contributed by atoms with Crippen LogP contribution in [0.25, 0.3) is 0 Å².